The molecule has 0 bridgehead atoms. The van der Waals surface area contributed by atoms with Gasteiger partial charge in [-0.15, -0.1) is 0 Å². The van der Waals surface area contributed by atoms with Gasteiger partial charge in [0.25, 0.3) is 0 Å². The molecular weight excluding hydrogens is 252 g/mol. The number of aliphatic hydroxyl groups is 1. The minimum atomic E-state index is -0.572. The Kier molecular flexibility index (Phi) is 3.29. The van der Waals surface area contributed by atoms with Crippen LogP contribution in [0.5, 0.6) is 0 Å². The van der Waals surface area contributed by atoms with Gasteiger partial charge in [-0.1, -0.05) is 23.7 Å². The molecule has 1 aliphatic rings. The molecule has 1 unspecified atom stereocenters. The zero-order chi connectivity index (χ0) is 12.5. The average molecular weight is 267 g/mol. The van der Waals surface area contributed by atoms with E-state index in [0.29, 0.717) is 29.6 Å². The number of furan rings is 1. The first-order valence-electron chi connectivity index (χ1n) is 6.19. The molecule has 1 aromatic carbocycles. The highest BCUT2D eigenvalue weighted by molar-refractivity contribution is 6.34. The average Bonchev–Trinajstić information content (AvgIpc) is 2.84. The monoisotopic (exact) mass is 266 g/mol. The van der Waals surface area contributed by atoms with Crippen LogP contribution in [0.1, 0.15) is 24.7 Å². The summed E-state index contributed by atoms with van der Waals surface area (Å²) in [4.78, 5) is 0. The van der Waals surface area contributed by atoms with Crippen molar-refractivity contribution >= 4 is 22.6 Å². The second-order valence-corrected chi connectivity index (χ2v) is 5.11. The second kappa shape index (κ2) is 4.92. The Labute approximate surface area is 110 Å². The first kappa shape index (κ1) is 12.0. The molecule has 1 aliphatic heterocycles. The number of benzene rings is 1. The lowest BCUT2D eigenvalue weighted by Crippen LogP contribution is -2.21. The Hall–Kier alpha value is -1.03. The van der Waals surface area contributed by atoms with Crippen molar-refractivity contribution < 1.29 is 14.3 Å². The van der Waals surface area contributed by atoms with E-state index in [4.69, 9.17) is 20.8 Å². The predicted molar refractivity (Wildman–Crippen MR) is 69.7 cm³/mol. The number of aliphatic hydroxyl groups excluding tert-OH is 1. The standard InChI is InChI=1S/C14H15ClO3/c15-11-3-1-2-10-8-12(18-14(10)11)13(16)9-4-6-17-7-5-9/h1-3,8-9,13,16H,4-7H2. The van der Waals surface area contributed by atoms with Crippen molar-refractivity contribution in [2.24, 2.45) is 5.92 Å². The van der Waals surface area contributed by atoms with Crippen LogP contribution in [0, 0.1) is 5.92 Å². The molecule has 1 atom stereocenters. The molecule has 0 saturated carbocycles. The summed E-state index contributed by atoms with van der Waals surface area (Å²) < 4.78 is 11.0. The number of ether oxygens (including phenoxy) is 1. The first-order chi connectivity index (χ1) is 8.75. The van der Waals surface area contributed by atoms with Gasteiger partial charge in [-0.25, -0.2) is 0 Å². The van der Waals surface area contributed by atoms with Gasteiger partial charge in [-0.2, -0.15) is 0 Å². The maximum atomic E-state index is 10.3. The third-order valence-corrected chi connectivity index (χ3v) is 3.82. The molecule has 1 saturated heterocycles. The molecule has 1 aromatic heterocycles. The van der Waals surface area contributed by atoms with Crippen molar-refractivity contribution in [3.63, 3.8) is 0 Å². The molecule has 18 heavy (non-hydrogen) atoms. The Morgan fingerprint density at radius 2 is 2.06 bits per heavy atom. The zero-order valence-electron chi connectivity index (χ0n) is 9.93. The number of rotatable bonds is 2. The van der Waals surface area contributed by atoms with Crippen LogP contribution in [0.3, 0.4) is 0 Å². The van der Waals surface area contributed by atoms with Crippen molar-refractivity contribution in [3.8, 4) is 0 Å². The number of hydrogen-bond donors (Lipinski definition) is 1. The topological polar surface area (TPSA) is 42.6 Å². The van der Waals surface area contributed by atoms with Gasteiger partial charge in [-0.3, -0.25) is 0 Å². The normalized spacial score (nSPS) is 19.2. The van der Waals surface area contributed by atoms with Crippen molar-refractivity contribution in [3.05, 3.63) is 35.0 Å². The van der Waals surface area contributed by atoms with Crippen LogP contribution in [0.4, 0.5) is 0 Å². The summed E-state index contributed by atoms with van der Waals surface area (Å²) in [6, 6.07) is 7.48. The lowest BCUT2D eigenvalue weighted by atomic mass is 9.92. The van der Waals surface area contributed by atoms with Crippen molar-refractivity contribution in [2.75, 3.05) is 13.2 Å². The van der Waals surface area contributed by atoms with Gasteiger partial charge in [0, 0.05) is 18.6 Å². The molecule has 0 radical (unpaired) electrons. The van der Waals surface area contributed by atoms with Gasteiger partial charge in [0.1, 0.15) is 11.9 Å². The molecule has 3 rings (SSSR count). The summed E-state index contributed by atoms with van der Waals surface area (Å²) in [5.41, 5.74) is 0.653. The molecule has 2 heterocycles. The van der Waals surface area contributed by atoms with Crippen LogP contribution in [0.25, 0.3) is 11.0 Å². The fourth-order valence-electron chi connectivity index (χ4n) is 2.46. The minimum absolute atomic E-state index is 0.207. The highest BCUT2D eigenvalue weighted by atomic mass is 35.5. The van der Waals surface area contributed by atoms with Gasteiger partial charge >= 0.3 is 0 Å². The second-order valence-electron chi connectivity index (χ2n) is 4.70. The molecule has 1 N–H and O–H groups in total. The van der Waals surface area contributed by atoms with Gasteiger partial charge in [-0.05, 0) is 30.9 Å². The fraction of sp³-hybridized carbons (Fsp3) is 0.429. The van der Waals surface area contributed by atoms with Gasteiger partial charge < -0.3 is 14.3 Å². The van der Waals surface area contributed by atoms with Crippen molar-refractivity contribution in [2.45, 2.75) is 18.9 Å². The molecule has 96 valence electrons. The van der Waals surface area contributed by atoms with E-state index in [1.165, 1.54) is 0 Å². The van der Waals surface area contributed by atoms with E-state index < -0.39 is 6.10 Å². The molecule has 0 aliphatic carbocycles. The van der Waals surface area contributed by atoms with Crippen LogP contribution in [0.2, 0.25) is 5.02 Å². The number of hydrogen-bond acceptors (Lipinski definition) is 3. The molecule has 4 heteroatoms. The van der Waals surface area contributed by atoms with E-state index in [2.05, 4.69) is 0 Å². The molecule has 0 amide bonds. The summed E-state index contributed by atoms with van der Waals surface area (Å²) in [6.07, 6.45) is 1.16. The van der Waals surface area contributed by atoms with E-state index in [-0.39, 0.29) is 5.92 Å². The molecule has 0 spiro atoms. The third-order valence-electron chi connectivity index (χ3n) is 3.52. The predicted octanol–water partition coefficient (Wildman–Crippen LogP) is 3.55. The quantitative estimate of drug-likeness (QED) is 0.904. The largest absolute Gasteiger partial charge is 0.457 e. The van der Waals surface area contributed by atoms with Crippen LogP contribution in [-0.4, -0.2) is 18.3 Å². The first-order valence-corrected chi connectivity index (χ1v) is 6.57. The van der Waals surface area contributed by atoms with Crippen molar-refractivity contribution in [1.82, 2.24) is 0 Å². The highest BCUT2D eigenvalue weighted by Crippen LogP contribution is 2.35. The molecule has 3 nitrogen and oxygen atoms in total. The number of halogens is 1. The molecule has 2 aromatic rings. The Morgan fingerprint density at radius 3 is 2.78 bits per heavy atom. The van der Waals surface area contributed by atoms with E-state index in [0.717, 1.165) is 18.2 Å². The van der Waals surface area contributed by atoms with Gasteiger partial charge in [0.15, 0.2) is 5.58 Å². The van der Waals surface area contributed by atoms with Crippen molar-refractivity contribution in [1.29, 1.82) is 0 Å². The summed E-state index contributed by atoms with van der Waals surface area (Å²) >= 11 is 6.07. The summed E-state index contributed by atoms with van der Waals surface area (Å²) in [5.74, 6) is 0.808. The third kappa shape index (κ3) is 2.14. The lowest BCUT2D eigenvalue weighted by Gasteiger charge is -2.25. The van der Waals surface area contributed by atoms with E-state index >= 15 is 0 Å². The number of para-hydroxylation sites is 1. The lowest BCUT2D eigenvalue weighted by molar-refractivity contribution is -0.000484. The zero-order valence-corrected chi connectivity index (χ0v) is 10.7. The SMILES string of the molecule is OC(c1cc2cccc(Cl)c2o1)C1CCOCC1. The van der Waals surface area contributed by atoms with Crippen LogP contribution in [-0.2, 0) is 4.74 Å². The number of fused-ring (bicyclic) bond motifs is 1. The molecule has 1 fully saturated rings. The van der Waals surface area contributed by atoms with Crippen LogP contribution < -0.4 is 0 Å². The smallest absolute Gasteiger partial charge is 0.152 e. The summed E-state index contributed by atoms with van der Waals surface area (Å²) in [5, 5.41) is 11.9. The maximum Gasteiger partial charge on any atom is 0.152 e. The maximum absolute atomic E-state index is 10.3. The Balaban J connectivity index is 1.91. The van der Waals surface area contributed by atoms with Gasteiger partial charge in [0.2, 0.25) is 0 Å². The van der Waals surface area contributed by atoms with E-state index in [1.54, 1.807) is 6.07 Å². The highest BCUT2D eigenvalue weighted by Gasteiger charge is 2.26. The van der Waals surface area contributed by atoms with Gasteiger partial charge in [0.05, 0.1) is 5.02 Å². The Morgan fingerprint density at radius 1 is 1.28 bits per heavy atom. The minimum Gasteiger partial charge on any atom is -0.457 e. The van der Waals surface area contributed by atoms with Crippen LogP contribution >= 0.6 is 11.6 Å². The summed E-state index contributed by atoms with van der Waals surface area (Å²) in [6.45, 7) is 1.42. The summed E-state index contributed by atoms with van der Waals surface area (Å²) in [7, 11) is 0. The van der Waals surface area contributed by atoms with Crippen LogP contribution in [0.15, 0.2) is 28.7 Å². The van der Waals surface area contributed by atoms with E-state index in [1.807, 2.05) is 18.2 Å². The van der Waals surface area contributed by atoms with E-state index in [9.17, 15) is 5.11 Å². The molecular formula is C14H15ClO3. The fourth-order valence-corrected chi connectivity index (χ4v) is 2.68. The Bertz CT molecular complexity index is 543.